The maximum absolute atomic E-state index is 13.5. The molecule has 2 N–H and O–H groups in total. The van der Waals surface area contributed by atoms with Crippen LogP contribution in [0.5, 0.6) is 0 Å². The second-order valence-electron chi connectivity index (χ2n) is 9.89. The fourth-order valence-electron chi connectivity index (χ4n) is 5.90. The molecule has 3 saturated heterocycles. The number of hydroxylamine groups is 1. The smallest absolute Gasteiger partial charge is 0.248 e. The van der Waals surface area contributed by atoms with Crippen molar-refractivity contribution in [3.05, 3.63) is 35.9 Å². The van der Waals surface area contributed by atoms with E-state index in [4.69, 9.17) is 0 Å². The van der Waals surface area contributed by atoms with Gasteiger partial charge in [0, 0.05) is 45.1 Å². The van der Waals surface area contributed by atoms with Gasteiger partial charge in [-0.3, -0.25) is 24.5 Å². The molecule has 3 heterocycles. The van der Waals surface area contributed by atoms with Crippen LogP contribution in [0, 0.1) is 11.8 Å². The van der Waals surface area contributed by atoms with Crippen molar-refractivity contribution in [1.29, 1.82) is 0 Å². The van der Waals surface area contributed by atoms with Crippen LogP contribution >= 0.6 is 0 Å². The van der Waals surface area contributed by atoms with Crippen molar-refractivity contribution < 1.29 is 19.6 Å². The molecule has 3 fully saturated rings. The number of hydrogen-bond acceptors (Lipinski definition) is 5. The van der Waals surface area contributed by atoms with Gasteiger partial charge >= 0.3 is 0 Å². The molecule has 33 heavy (non-hydrogen) atoms. The minimum absolute atomic E-state index is 0.0218. The number of nitrogens with one attached hydrogen (secondary N) is 1. The van der Waals surface area contributed by atoms with E-state index in [2.05, 4.69) is 12.1 Å². The molecular weight excluding hydrogens is 420 g/mol. The molecule has 8 nitrogen and oxygen atoms in total. The average Bonchev–Trinajstić information content (AvgIpc) is 3.34. The first kappa shape index (κ1) is 23.7. The third kappa shape index (κ3) is 5.38. The first-order valence-corrected chi connectivity index (χ1v) is 12.2. The van der Waals surface area contributed by atoms with E-state index in [9.17, 15) is 19.6 Å². The minimum atomic E-state index is -0.684. The molecule has 0 aromatic heterocycles. The maximum atomic E-state index is 13.5. The van der Waals surface area contributed by atoms with Gasteiger partial charge in [-0.05, 0) is 50.6 Å². The summed E-state index contributed by atoms with van der Waals surface area (Å²) >= 11 is 0. The molecule has 3 amide bonds. The molecule has 4 rings (SSSR count). The van der Waals surface area contributed by atoms with Gasteiger partial charge in [-0.25, -0.2) is 5.48 Å². The van der Waals surface area contributed by atoms with E-state index in [0.717, 1.165) is 32.4 Å². The Morgan fingerprint density at radius 3 is 2.42 bits per heavy atom. The molecule has 180 valence electrons. The minimum Gasteiger partial charge on any atom is -0.343 e. The largest absolute Gasteiger partial charge is 0.343 e. The van der Waals surface area contributed by atoms with Crippen LogP contribution in [0.15, 0.2) is 30.3 Å². The molecule has 0 aliphatic carbocycles. The Bertz CT molecular complexity index is 842. The Kier molecular flexibility index (Phi) is 7.65. The normalized spacial score (nSPS) is 28.5. The number of rotatable bonds is 5. The summed E-state index contributed by atoms with van der Waals surface area (Å²) in [5.41, 5.74) is 3.00. The van der Waals surface area contributed by atoms with Crippen LogP contribution in [-0.4, -0.2) is 83.4 Å². The van der Waals surface area contributed by atoms with Gasteiger partial charge in [0.2, 0.25) is 17.7 Å². The molecule has 0 saturated carbocycles. The lowest BCUT2D eigenvalue weighted by molar-refractivity contribution is -0.150. The monoisotopic (exact) mass is 456 g/mol. The van der Waals surface area contributed by atoms with Gasteiger partial charge in [-0.1, -0.05) is 30.3 Å². The lowest BCUT2D eigenvalue weighted by Crippen LogP contribution is -2.58. The van der Waals surface area contributed by atoms with Gasteiger partial charge in [0.05, 0.1) is 5.92 Å². The topological polar surface area (TPSA) is 93.2 Å². The fourth-order valence-corrected chi connectivity index (χ4v) is 5.90. The molecule has 1 aromatic rings. The average molecular weight is 457 g/mol. The molecule has 1 aromatic carbocycles. The number of nitrogens with zero attached hydrogens (tertiary/aromatic N) is 3. The van der Waals surface area contributed by atoms with Crippen LogP contribution in [0.25, 0.3) is 0 Å². The Morgan fingerprint density at radius 1 is 1.00 bits per heavy atom. The molecule has 4 atom stereocenters. The number of piperidine rings is 2. The molecule has 8 heteroatoms. The summed E-state index contributed by atoms with van der Waals surface area (Å²) in [4.78, 5) is 44.6. The standard InChI is InChI=1S/C25H36N4O4/c1-27-16-18(15-22(30)28-11-6-3-7-12-28)14-21(24(31)26-33)23(27)25(32)29-13-10-20(17-29)19-8-4-2-5-9-19/h2,4-5,8-9,18,20-21,23,33H,3,6-7,10-17H2,1H3,(H,26,31)/t18?,20-,21?,23?/m0/s1. The van der Waals surface area contributed by atoms with Crippen LogP contribution in [-0.2, 0) is 14.4 Å². The Labute approximate surface area is 195 Å². The number of likely N-dealkylation sites (tertiary alicyclic amines) is 3. The number of carbonyl (C=O) groups excluding carboxylic acids is 3. The molecule has 3 unspecified atom stereocenters. The number of hydrogen-bond donors (Lipinski definition) is 2. The number of amides is 3. The maximum Gasteiger partial charge on any atom is 0.248 e. The molecule has 3 aliphatic rings. The predicted molar refractivity (Wildman–Crippen MR) is 123 cm³/mol. The lowest BCUT2D eigenvalue weighted by atomic mass is 9.80. The summed E-state index contributed by atoms with van der Waals surface area (Å²) in [6, 6.07) is 9.58. The molecule has 0 bridgehead atoms. The van der Waals surface area contributed by atoms with Crippen LogP contribution in [0.3, 0.4) is 0 Å². The quantitative estimate of drug-likeness (QED) is 0.521. The van der Waals surface area contributed by atoms with E-state index < -0.39 is 17.9 Å². The SMILES string of the molecule is CN1CC(CC(=O)N2CCCCC2)CC(C(=O)NO)C1C(=O)N1CC[C@H](c2ccccc2)C1. The molecular formula is C25H36N4O4. The first-order chi connectivity index (χ1) is 16.0. The fraction of sp³-hybridized carbons (Fsp3) is 0.640. The third-order valence-electron chi connectivity index (χ3n) is 7.63. The van der Waals surface area contributed by atoms with Crippen molar-refractivity contribution >= 4 is 17.7 Å². The van der Waals surface area contributed by atoms with Crippen LogP contribution in [0.1, 0.15) is 50.0 Å². The number of carbonyl (C=O) groups is 3. The highest BCUT2D eigenvalue weighted by Gasteiger charge is 2.45. The van der Waals surface area contributed by atoms with E-state index in [-0.39, 0.29) is 17.7 Å². The zero-order valence-electron chi connectivity index (χ0n) is 19.5. The van der Waals surface area contributed by atoms with Crippen molar-refractivity contribution in [3.8, 4) is 0 Å². The second kappa shape index (κ2) is 10.7. The molecule has 0 radical (unpaired) electrons. The summed E-state index contributed by atoms with van der Waals surface area (Å²) < 4.78 is 0. The Balaban J connectivity index is 1.42. The van der Waals surface area contributed by atoms with Crippen LogP contribution in [0.2, 0.25) is 0 Å². The van der Waals surface area contributed by atoms with Crippen LogP contribution in [0.4, 0.5) is 0 Å². The highest BCUT2D eigenvalue weighted by atomic mass is 16.5. The zero-order valence-corrected chi connectivity index (χ0v) is 19.5. The van der Waals surface area contributed by atoms with Gasteiger partial charge in [0.25, 0.3) is 0 Å². The van der Waals surface area contributed by atoms with Crippen LogP contribution < -0.4 is 5.48 Å². The van der Waals surface area contributed by atoms with Gasteiger partial charge < -0.3 is 9.80 Å². The second-order valence-corrected chi connectivity index (χ2v) is 9.89. The first-order valence-electron chi connectivity index (χ1n) is 12.2. The summed E-state index contributed by atoms with van der Waals surface area (Å²) in [6.45, 7) is 3.49. The van der Waals surface area contributed by atoms with E-state index in [1.807, 2.05) is 39.9 Å². The van der Waals surface area contributed by atoms with E-state index in [1.54, 1.807) is 5.48 Å². The Hall–Kier alpha value is -2.45. The van der Waals surface area contributed by atoms with Gasteiger partial charge in [-0.2, -0.15) is 0 Å². The summed E-state index contributed by atoms with van der Waals surface area (Å²) in [5, 5.41) is 9.38. The third-order valence-corrected chi connectivity index (χ3v) is 7.63. The van der Waals surface area contributed by atoms with Crippen molar-refractivity contribution in [2.45, 2.75) is 50.5 Å². The summed E-state index contributed by atoms with van der Waals surface area (Å²) in [6.07, 6.45) is 4.95. The van der Waals surface area contributed by atoms with Gasteiger partial charge in [0.1, 0.15) is 6.04 Å². The Morgan fingerprint density at radius 2 is 1.73 bits per heavy atom. The predicted octanol–water partition coefficient (Wildman–Crippen LogP) is 1.85. The van der Waals surface area contributed by atoms with Crippen molar-refractivity contribution in [1.82, 2.24) is 20.2 Å². The van der Waals surface area contributed by atoms with Crippen molar-refractivity contribution in [3.63, 3.8) is 0 Å². The summed E-state index contributed by atoms with van der Waals surface area (Å²) in [5.74, 6) is -0.891. The lowest BCUT2D eigenvalue weighted by Gasteiger charge is -2.42. The zero-order chi connectivity index (χ0) is 23.4. The van der Waals surface area contributed by atoms with Gasteiger partial charge in [0.15, 0.2) is 0 Å². The highest BCUT2D eigenvalue weighted by molar-refractivity contribution is 5.90. The summed E-state index contributed by atoms with van der Waals surface area (Å²) in [7, 11) is 1.85. The van der Waals surface area contributed by atoms with Crippen molar-refractivity contribution in [2.75, 3.05) is 39.8 Å². The van der Waals surface area contributed by atoms with Crippen molar-refractivity contribution in [2.24, 2.45) is 11.8 Å². The van der Waals surface area contributed by atoms with E-state index >= 15 is 0 Å². The molecule has 0 spiro atoms. The number of benzene rings is 1. The van der Waals surface area contributed by atoms with E-state index in [0.29, 0.717) is 38.4 Å². The van der Waals surface area contributed by atoms with Gasteiger partial charge in [-0.15, -0.1) is 0 Å². The van der Waals surface area contributed by atoms with E-state index in [1.165, 1.54) is 12.0 Å². The highest BCUT2D eigenvalue weighted by Crippen LogP contribution is 2.33. The number of likely N-dealkylation sites (N-methyl/N-ethyl adjacent to an activating group) is 1. The molecule has 3 aliphatic heterocycles.